The van der Waals surface area contributed by atoms with E-state index in [0.29, 0.717) is 0 Å². The van der Waals surface area contributed by atoms with E-state index < -0.39 is 8.56 Å². The van der Waals surface area contributed by atoms with Crippen LogP contribution >= 0.6 is 0 Å². The molecule has 0 spiro atoms. The van der Waals surface area contributed by atoms with Crippen LogP contribution in [0.2, 0.25) is 12.6 Å². The lowest BCUT2D eigenvalue weighted by atomic mass is 10.5. The first kappa shape index (κ1) is 17.2. The molecular formula is C11H26O3Si. The molecule has 0 amide bonds. The highest BCUT2D eigenvalue weighted by Gasteiger charge is 2.27. The highest BCUT2D eigenvalue weighted by molar-refractivity contribution is 6.65. The molecule has 0 aliphatic heterocycles. The largest absolute Gasteiger partial charge is 0.398 e. The van der Waals surface area contributed by atoms with Crippen LogP contribution in [0, 0.1) is 0 Å². The molecular weight excluding hydrogens is 208 g/mol. The van der Waals surface area contributed by atoms with Gasteiger partial charge in [0.05, 0.1) is 0 Å². The van der Waals surface area contributed by atoms with Crippen molar-refractivity contribution in [1.82, 2.24) is 0 Å². The molecule has 0 aromatic carbocycles. The maximum Gasteiger partial charge on any atom is 0.334 e. The van der Waals surface area contributed by atoms with Gasteiger partial charge in [0.15, 0.2) is 0 Å². The zero-order valence-electron chi connectivity index (χ0n) is 10.8. The molecule has 0 unspecified atom stereocenters. The molecule has 0 rings (SSSR count). The Morgan fingerprint density at radius 3 is 2.07 bits per heavy atom. The first-order valence-corrected chi connectivity index (χ1v) is 7.87. The van der Waals surface area contributed by atoms with E-state index in [1.807, 2.05) is 13.8 Å². The highest BCUT2D eigenvalue weighted by Crippen LogP contribution is 2.13. The van der Waals surface area contributed by atoms with Crippen molar-refractivity contribution in [3.05, 3.63) is 12.7 Å². The van der Waals surface area contributed by atoms with Gasteiger partial charge in [-0.1, -0.05) is 6.08 Å². The third-order valence-electron chi connectivity index (χ3n) is 1.99. The van der Waals surface area contributed by atoms with Gasteiger partial charge in [0.2, 0.25) is 0 Å². The van der Waals surface area contributed by atoms with Crippen LogP contribution in [-0.2, 0) is 13.6 Å². The normalized spacial score (nSPS) is 10.5. The Bertz CT molecular complexity index is 136. The molecule has 0 bridgehead atoms. The average molecular weight is 234 g/mol. The SMILES string of the molecule is C=CC.CCOCCC[Si](C)(OC)OC. The summed E-state index contributed by atoms with van der Waals surface area (Å²) in [7, 11) is 1.61. The fraction of sp³-hybridized carbons (Fsp3) is 0.818. The lowest BCUT2D eigenvalue weighted by molar-refractivity contribution is 0.144. The lowest BCUT2D eigenvalue weighted by Gasteiger charge is -2.22. The molecule has 0 saturated carbocycles. The topological polar surface area (TPSA) is 27.7 Å². The van der Waals surface area contributed by atoms with Gasteiger partial charge in [0, 0.05) is 27.4 Å². The summed E-state index contributed by atoms with van der Waals surface area (Å²) in [4.78, 5) is 0. The third-order valence-corrected chi connectivity index (χ3v) is 4.98. The van der Waals surface area contributed by atoms with E-state index in [9.17, 15) is 0 Å². The van der Waals surface area contributed by atoms with E-state index in [2.05, 4.69) is 13.1 Å². The molecule has 92 valence electrons. The van der Waals surface area contributed by atoms with Crippen LogP contribution < -0.4 is 0 Å². The summed E-state index contributed by atoms with van der Waals surface area (Å²) in [5.41, 5.74) is 0. The lowest BCUT2D eigenvalue weighted by Crippen LogP contribution is -2.36. The predicted octanol–water partition coefficient (Wildman–Crippen LogP) is 2.97. The molecule has 0 aromatic heterocycles. The minimum absolute atomic E-state index is 0.790. The standard InChI is InChI=1S/C8H20O3Si.C3H6/c1-5-11-7-6-8-12(4,9-2)10-3;1-3-2/h5-8H2,1-4H3;3H,1H2,2H3. The zero-order chi connectivity index (χ0) is 12.2. The van der Waals surface area contributed by atoms with Gasteiger partial charge in [-0.15, -0.1) is 6.58 Å². The second-order valence-electron chi connectivity index (χ2n) is 3.25. The Balaban J connectivity index is 0. The maximum atomic E-state index is 5.33. The van der Waals surface area contributed by atoms with Gasteiger partial charge in [-0.05, 0) is 32.9 Å². The summed E-state index contributed by atoms with van der Waals surface area (Å²) in [6.45, 7) is 10.9. The van der Waals surface area contributed by atoms with Crippen molar-refractivity contribution in [2.75, 3.05) is 27.4 Å². The van der Waals surface area contributed by atoms with Crippen LogP contribution in [0.5, 0.6) is 0 Å². The van der Waals surface area contributed by atoms with Crippen LogP contribution in [-0.4, -0.2) is 36.0 Å². The van der Waals surface area contributed by atoms with Crippen LogP contribution in [0.15, 0.2) is 12.7 Å². The Labute approximate surface area is 95.7 Å². The molecule has 0 atom stereocenters. The van der Waals surface area contributed by atoms with E-state index in [1.165, 1.54) is 0 Å². The van der Waals surface area contributed by atoms with Crippen molar-refractivity contribution in [1.29, 1.82) is 0 Å². The monoisotopic (exact) mass is 234 g/mol. The van der Waals surface area contributed by atoms with Crippen LogP contribution in [0.4, 0.5) is 0 Å². The molecule has 0 N–H and O–H groups in total. The smallest absolute Gasteiger partial charge is 0.334 e. The van der Waals surface area contributed by atoms with Gasteiger partial charge in [-0.2, -0.15) is 0 Å². The number of rotatable bonds is 7. The summed E-state index contributed by atoms with van der Waals surface area (Å²) < 4.78 is 15.9. The van der Waals surface area contributed by atoms with Crippen LogP contribution in [0.25, 0.3) is 0 Å². The van der Waals surface area contributed by atoms with Crippen molar-refractivity contribution in [2.45, 2.75) is 32.9 Å². The molecule has 0 heterocycles. The third kappa shape index (κ3) is 11.8. The molecule has 0 aliphatic carbocycles. The Morgan fingerprint density at radius 1 is 1.27 bits per heavy atom. The van der Waals surface area contributed by atoms with Gasteiger partial charge in [0.25, 0.3) is 0 Å². The molecule has 0 fully saturated rings. The summed E-state index contributed by atoms with van der Waals surface area (Å²) >= 11 is 0. The minimum atomic E-state index is -1.83. The fourth-order valence-electron chi connectivity index (χ4n) is 0.927. The molecule has 0 saturated heterocycles. The first-order valence-electron chi connectivity index (χ1n) is 5.35. The van der Waals surface area contributed by atoms with Crippen molar-refractivity contribution in [3.8, 4) is 0 Å². The fourth-order valence-corrected chi connectivity index (χ4v) is 2.29. The van der Waals surface area contributed by atoms with E-state index in [0.717, 1.165) is 25.7 Å². The predicted molar refractivity (Wildman–Crippen MR) is 67.4 cm³/mol. The van der Waals surface area contributed by atoms with Crippen molar-refractivity contribution < 1.29 is 13.6 Å². The summed E-state index contributed by atoms with van der Waals surface area (Å²) in [5.74, 6) is 0. The van der Waals surface area contributed by atoms with Gasteiger partial charge in [0.1, 0.15) is 0 Å². The van der Waals surface area contributed by atoms with E-state index in [1.54, 1.807) is 20.3 Å². The molecule has 0 radical (unpaired) electrons. The Morgan fingerprint density at radius 2 is 1.73 bits per heavy atom. The van der Waals surface area contributed by atoms with E-state index in [4.69, 9.17) is 13.6 Å². The number of hydrogen-bond donors (Lipinski definition) is 0. The molecule has 0 aromatic rings. The van der Waals surface area contributed by atoms with Crippen molar-refractivity contribution in [2.24, 2.45) is 0 Å². The number of allylic oxidation sites excluding steroid dienone is 1. The minimum Gasteiger partial charge on any atom is -0.398 e. The molecule has 4 heteroatoms. The second kappa shape index (κ2) is 11.9. The molecule has 3 nitrogen and oxygen atoms in total. The summed E-state index contributed by atoms with van der Waals surface area (Å²) in [5, 5.41) is 0. The molecule has 15 heavy (non-hydrogen) atoms. The van der Waals surface area contributed by atoms with Gasteiger partial charge >= 0.3 is 8.56 Å². The van der Waals surface area contributed by atoms with E-state index >= 15 is 0 Å². The zero-order valence-corrected chi connectivity index (χ0v) is 11.8. The van der Waals surface area contributed by atoms with Crippen LogP contribution in [0.3, 0.4) is 0 Å². The number of hydrogen-bond acceptors (Lipinski definition) is 3. The Kier molecular flexibility index (Phi) is 13.7. The van der Waals surface area contributed by atoms with Gasteiger partial charge in [-0.3, -0.25) is 0 Å². The van der Waals surface area contributed by atoms with Crippen molar-refractivity contribution in [3.63, 3.8) is 0 Å². The van der Waals surface area contributed by atoms with Gasteiger partial charge < -0.3 is 13.6 Å². The highest BCUT2D eigenvalue weighted by atomic mass is 28.4. The first-order chi connectivity index (χ1) is 7.10. The van der Waals surface area contributed by atoms with Crippen LogP contribution in [0.1, 0.15) is 20.3 Å². The second-order valence-corrected chi connectivity index (χ2v) is 6.83. The summed E-state index contributed by atoms with van der Waals surface area (Å²) in [6.07, 6.45) is 2.78. The summed E-state index contributed by atoms with van der Waals surface area (Å²) in [6, 6.07) is 1.00. The Hall–Kier alpha value is -0.163. The van der Waals surface area contributed by atoms with Gasteiger partial charge in [-0.25, -0.2) is 0 Å². The number of ether oxygens (including phenoxy) is 1. The average Bonchev–Trinajstić information content (AvgIpc) is 2.25. The van der Waals surface area contributed by atoms with E-state index in [-0.39, 0.29) is 0 Å². The quantitative estimate of drug-likeness (QED) is 0.385. The molecule has 0 aliphatic rings. The van der Waals surface area contributed by atoms with Crippen molar-refractivity contribution >= 4 is 8.56 Å². The maximum absolute atomic E-state index is 5.33.